The number of carbonyl (C=O) groups is 1. The van der Waals surface area contributed by atoms with Gasteiger partial charge in [0.1, 0.15) is 11.8 Å². The molecule has 0 aliphatic carbocycles. The van der Waals surface area contributed by atoms with Crippen LogP contribution in [0.3, 0.4) is 0 Å². The molecular formula is C15H24N2O3. The van der Waals surface area contributed by atoms with Gasteiger partial charge in [0.2, 0.25) is 0 Å². The van der Waals surface area contributed by atoms with Crippen LogP contribution in [0.15, 0.2) is 6.20 Å². The van der Waals surface area contributed by atoms with E-state index in [0.717, 1.165) is 22.6 Å². The highest BCUT2D eigenvalue weighted by atomic mass is 16.5. The fraction of sp³-hybridized carbons (Fsp3) is 0.600. The number of ether oxygens (including phenoxy) is 2. The second kappa shape index (κ2) is 7.24. The van der Waals surface area contributed by atoms with Crippen molar-refractivity contribution in [2.75, 3.05) is 14.2 Å². The highest BCUT2D eigenvalue weighted by Gasteiger charge is 2.23. The molecule has 5 nitrogen and oxygen atoms in total. The quantitative estimate of drug-likeness (QED) is 0.808. The van der Waals surface area contributed by atoms with Gasteiger partial charge in [0, 0.05) is 23.9 Å². The van der Waals surface area contributed by atoms with Gasteiger partial charge in [-0.1, -0.05) is 13.8 Å². The third kappa shape index (κ3) is 3.70. The van der Waals surface area contributed by atoms with Gasteiger partial charge in [-0.15, -0.1) is 0 Å². The first kappa shape index (κ1) is 16.4. The van der Waals surface area contributed by atoms with E-state index in [9.17, 15) is 4.79 Å². The molecule has 1 heterocycles. The molecule has 0 bridgehead atoms. The van der Waals surface area contributed by atoms with Gasteiger partial charge in [-0.3, -0.25) is 15.1 Å². The molecule has 1 aromatic heterocycles. The average Bonchev–Trinajstić information content (AvgIpc) is 2.41. The monoisotopic (exact) mass is 280 g/mol. The maximum Gasteiger partial charge on any atom is 0.323 e. The Hall–Kier alpha value is -1.62. The largest absolute Gasteiger partial charge is 0.496 e. The number of nitrogens with one attached hydrogen (secondary N) is 1. The van der Waals surface area contributed by atoms with Gasteiger partial charge in [0.05, 0.1) is 19.9 Å². The number of carbonyl (C=O) groups excluding carboxylic acids is 1. The summed E-state index contributed by atoms with van der Waals surface area (Å²) in [6, 6.07) is -0.339. The van der Waals surface area contributed by atoms with E-state index in [0.29, 0.717) is 6.54 Å². The van der Waals surface area contributed by atoms with Crippen LogP contribution in [-0.2, 0) is 16.1 Å². The minimum Gasteiger partial charge on any atom is -0.496 e. The molecule has 0 amide bonds. The molecule has 112 valence electrons. The summed E-state index contributed by atoms with van der Waals surface area (Å²) in [7, 11) is 3.05. The first-order valence-corrected chi connectivity index (χ1v) is 6.72. The van der Waals surface area contributed by atoms with Crippen molar-refractivity contribution in [2.24, 2.45) is 5.92 Å². The number of esters is 1. The summed E-state index contributed by atoms with van der Waals surface area (Å²) in [5.74, 6) is 0.739. The van der Waals surface area contributed by atoms with Gasteiger partial charge in [-0.2, -0.15) is 0 Å². The van der Waals surface area contributed by atoms with E-state index in [-0.39, 0.29) is 17.9 Å². The van der Waals surface area contributed by atoms with E-state index in [2.05, 4.69) is 10.3 Å². The Morgan fingerprint density at radius 3 is 2.50 bits per heavy atom. The SMILES string of the molecule is COC(=O)C(NCc1ncc(C)c(OC)c1C)C(C)C. The highest BCUT2D eigenvalue weighted by molar-refractivity contribution is 5.75. The molecule has 1 unspecified atom stereocenters. The molecule has 0 aliphatic heterocycles. The van der Waals surface area contributed by atoms with Crippen LogP contribution in [0, 0.1) is 19.8 Å². The van der Waals surface area contributed by atoms with Crippen molar-refractivity contribution in [1.82, 2.24) is 10.3 Å². The Morgan fingerprint density at radius 1 is 1.35 bits per heavy atom. The predicted molar refractivity (Wildman–Crippen MR) is 77.7 cm³/mol. The van der Waals surface area contributed by atoms with Crippen LogP contribution >= 0.6 is 0 Å². The molecule has 20 heavy (non-hydrogen) atoms. The van der Waals surface area contributed by atoms with Crippen LogP contribution < -0.4 is 10.1 Å². The number of aromatic nitrogens is 1. The second-order valence-corrected chi connectivity index (χ2v) is 5.17. The summed E-state index contributed by atoms with van der Waals surface area (Å²) >= 11 is 0. The van der Waals surface area contributed by atoms with Gasteiger partial charge >= 0.3 is 5.97 Å². The Labute approximate surface area is 120 Å². The molecule has 0 aliphatic rings. The maximum atomic E-state index is 11.7. The summed E-state index contributed by atoms with van der Waals surface area (Å²) in [4.78, 5) is 16.1. The van der Waals surface area contributed by atoms with Crippen molar-refractivity contribution >= 4 is 5.97 Å². The molecule has 0 spiro atoms. The summed E-state index contributed by atoms with van der Waals surface area (Å²) in [6.07, 6.45) is 1.78. The summed E-state index contributed by atoms with van der Waals surface area (Å²) < 4.78 is 10.2. The Balaban J connectivity index is 2.86. The molecule has 1 aromatic rings. The number of hydrogen-bond donors (Lipinski definition) is 1. The lowest BCUT2D eigenvalue weighted by Crippen LogP contribution is -2.41. The average molecular weight is 280 g/mol. The summed E-state index contributed by atoms with van der Waals surface area (Å²) in [6.45, 7) is 8.38. The van der Waals surface area contributed by atoms with Gasteiger partial charge in [-0.25, -0.2) is 0 Å². The van der Waals surface area contributed by atoms with Crippen molar-refractivity contribution < 1.29 is 14.3 Å². The van der Waals surface area contributed by atoms with Crippen LogP contribution in [0.2, 0.25) is 0 Å². The molecule has 1 N–H and O–H groups in total. The van der Waals surface area contributed by atoms with Gasteiger partial charge in [0.15, 0.2) is 0 Å². The zero-order valence-electron chi connectivity index (χ0n) is 13.1. The Bertz CT molecular complexity index is 472. The van der Waals surface area contributed by atoms with E-state index in [1.54, 1.807) is 13.3 Å². The highest BCUT2D eigenvalue weighted by Crippen LogP contribution is 2.24. The zero-order chi connectivity index (χ0) is 15.3. The topological polar surface area (TPSA) is 60.5 Å². The predicted octanol–water partition coefficient (Wildman–Crippen LogP) is 1.99. The second-order valence-electron chi connectivity index (χ2n) is 5.17. The fourth-order valence-corrected chi connectivity index (χ4v) is 2.17. The lowest BCUT2D eigenvalue weighted by molar-refractivity contribution is -0.144. The zero-order valence-corrected chi connectivity index (χ0v) is 13.1. The molecule has 0 aromatic carbocycles. The van der Waals surface area contributed by atoms with E-state index < -0.39 is 0 Å². The van der Waals surface area contributed by atoms with Gasteiger partial charge < -0.3 is 9.47 Å². The number of hydrogen-bond acceptors (Lipinski definition) is 5. The number of pyridine rings is 1. The third-order valence-corrected chi connectivity index (χ3v) is 3.36. The lowest BCUT2D eigenvalue weighted by Gasteiger charge is -2.20. The summed E-state index contributed by atoms with van der Waals surface area (Å²) in [5, 5.41) is 3.21. The van der Waals surface area contributed by atoms with Crippen molar-refractivity contribution in [3.63, 3.8) is 0 Å². The maximum absolute atomic E-state index is 11.7. The van der Waals surface area contributed by atoms with E-state index in [4.69, 9.17) is 9.47 Å². The molecule has 0 saturated carbocycles. The van der Waals surface area contributed by atoms with Gasteiger partial charge in [0.25, 0.3) is 0 Å². The van der Waals surface area contributed by atoms with E-state index in [1.807, 2.05) is 27.7 Å². The minimum atomic E-state index is -0.339. The van der Waals surface area contributed by atoms with Crippen molar-refractivity contribution in [3.8, 4) is 5.75 Å². The molecule has 0 fully saturated rings. The Kier molecular flexibility index (Phi) is 5.95. The van der Waals surface area contributed by atoms with Crippen LogP contribution in [0.5, 0.6) is 5.75 Å². The van der Waals surface area contributed by atoms with Crippen molar-refractivity contribution in [2.45, 2.75) is 40.3 Å². The van der Waals surface area contributed by atoms with E-state index in [1.165, 1.54) is 7.11 Å². The number of aryl methyl sites for hydroxylation is 1. The van der Waals surface area contributed by atoms with Crippen molar-refractivity contribution in [3.05, 3.63) is 23.0 Å². The lowest BCUT2D eigenvalue weighted by atomic mass is 10.0. The first-order chi connectivity index (χ1) is 9.42. The summed E-state index contributed by atoms with van der Waals surface area (Å²) in [5.41, 5.74) is 2.87. The van der Waals surface area contributed by atoms with E-state index >= 15 is 0 Å². The first-order valence-electron chi connectivity index (χ1n) is 6.72. The number of nitrogens with zero attached hydrogens (tertiary/aromatic N) is 1. The third-order valence-electron chi connectivity index (χ3n) is 3.36. The Morgan fingerprint density at radius 2 is 2.00 bits per heavy atom. The van der Waals surface area contributed by atoms with Gasteiger partial charge in [-0.05, 0) is 19.8 Å². The standard InChI is InChI=1S/C15H24N2O3/c1-9(2)13(15(18)20-6)17-8-12-11(4)14(19-5)10(3)7-16-12/h7,9,13,17H,8H2,1-6H3. The number of methoxy groups -OCH3 is 2. The molecule has 1 rings (SSSR count). The normalized spacial score (nSPS) is 12.3. The molecule has 1 atom stereocenters. The van der Waals surface area contributed by atoms with Crippen LogP contribution in [-0.4, -0.2) is 31.2 Å². The molecule has 0 radical (unpaired) electrons. The molecule has 5 heteroatoms. The van der Waals surface area contributed by atoms with Crippen LogP contribution in [0.4, 0.5) is 0 Å². The minimum absolute atomic E-state index is 0.148. The van der Waals surface area contributed by atoms with Crippen LogP contribution in [0.1, 0.15) is 30.7 Å². The van der Waals surface area contributed by atoms with Crippen LogP contribution in [0.25, 0.3) is 0 Å². The molecular weight excluding hydrogens is 256 g/mol. The van der Waals surface area contributed by atoms with Crippen molar-refractivity contribution in [1.29, 1.82) is 0 Å². The fourth-order valence-electron chi connectivity index (χ4n) is 2.17. The number of rotatable bonds is 6. The smallest absolute Gasteiger partial charge is 0.323 e. The molecule has 0 saturated heterocycles.